The van der Waals surface area contributed by atoms with E-state index in [4.69, 9.17) is 0 Å². The van der Waals surface area contributed by atoms with Crippen LogP contribution in [0.25, 0.3) is 0 Å². The van der Waals surface area contributed by atoms with E-state index in [2.05, 4.69) is 19.9 Å². The molecule has 32 heavy (non-hydrogen) atoms. The first-order valence-corrected chi connectivity index (χ1v) is 11.8. The van der Waals surface area contributed by atoms with E-state index in [1.165, 1.54) is 6.42 Å². The Kier molecular flexibility index (Phi) is 6.90. The van der Waals surface area contributed by atoms with Gasteiger partial charge in [-0.15, -0.1) is 5.10 Å². The van der Waals surface area contributed by atoms with Crippen LogP contribution < -0.4 is 10.2 Å². The summed E-state index contributed by atoms with van der Waals surface area (Å²) in [6.45, 7) is 3.95. The molecule has 1 saturated carbocycles. The number of hydrogen-bond acceptors (Lipinski definition) is 6. The van der Waals surface area contributed by atoms with Crippen molar-refractivity contribution in [2.45, 2.75) is 58.0 Å². The van der Waals surface area contributed by atoms with Crippen LogP contribution >= 0.6 is 11.5 Å². The van der Waals surface area contributed by atoms with Gasteiger partial charge in [0.15, 0.2) is 5.69 Å². The Balaban J connectivity index is 1.80. The van der Waals surface area contributed by atoms with Gasteiger partial charge in [-0.1, -0.05) is 41.4 Å². The molecule has 0 spiro atoms. The average Bonchev–Trinajstić information content (AvgIpc) is 3.34. The Morgan fingerprint density at radius 1 is 1.09 bits per heavy atom. The van der Waals surface area contributed by atoms with E-state index in [1.54, 1.807) is 34.8 Å². The third-order valence-corrected chi connectivity index (χ3v) is 6.39. The molecule has 0 bridgehead atoms. The number of carbonyl (C=O) groups excluding carboxylic acids is 2. The van der Waals surface area contributed by atoms with Gasteiger partial charge in [-0.2, -0.15) is 0 Å². The van der Waals surface area contributed by atoms with Gasteiger partial charge in [0.1, 0.15) is 6.04 Å². The molecule has 1 fully saturated rings. The van der Waals surface area contributed by atoms with E-state index >= 15 is 0 Å². The van der Waals surface area contributed by atoms with E-state index in [9.17, 15) is 9.59 Å². The zero-order valence-corrected chi connectivity index (χ0v) is 19.1. The van der Waals surface area contributed by atoms with Gasteiger partial charge >= 0.3 is 0 Å². The van der Waals surface area contributed by atoms with Gasteiger partial charge < -0.3 is 5.32 Å². The lowest BCUT2D eigenvalue weighted by Gasteiger charge is -2.33. The molecule has 1 atom stereocenters. The first kappa shape index (κ1) is 22.1. The fourth-order valence-corrected chi connectivity index (χ4v) is 4.74. The zero-order chi connectivity index (χ0) is 22.5. The molecule has 2 heterocycles. The number of amides is 2. The van der Waals surface area contributed by atoms with Gasteiger partial charge in [0, 0.05) is 29.5 Å². The van der Waals surface area contributed by atoms with Crippen molar-refractivity contribution in [2.24, 2.45) is 0 Å². The predicted octanol–water partition coefficient (Wildman–Crippen LogP) is 4.39. The van der Waals surface area contributed by atoms with Gasteiger partial charge in [0.2, 0.25) is 5.91 Å². The summed E-state index contributed by atoms with van der Waals surface area (Å²) in [4.78, 5) is 33.1. The summed E-state index contributed by atoms with van der Waals surface area (Å²) in [5.41, 5.74) is 3.59. The summed E-state index contributed by atoms with van der Waals surface area (Å²) in [5, 5.41) is 8.82. The standard InChI is InChI=1S/C24H27N5O2S/c1-16-8-9-21(17(2)14-16)29(24(31)20-15-32-28-27-20)22(18-10-12-25-13-11-18)23(30)26-19-6-4-3-5-7-19/h8-15,19,22H,3-7H2,1-2H3,(H,26,30)/t22-/m1/s1. The Morgan fingerprint density at radius 3 is 2.50 bits per heavy atom. The van der Waals surface area contributed by atoms with E-state index in [0.29, 0.717) is 11.3 Å². The van der Waals surface area contributed by atoms with Crippen LogP contribution in [0.2, 0.25) is 0 Å². The monoisotopic (exact) mass is 449 g/mol. The maximum Gasteiger partial charge on any atom is 0.280 e. The SMILES string of the molecule is Cc1ccc(N(C(=O)c2csnn2)[C@@H](C(=O)NC2CCCCC2)c2ccncc2)c(C)c1. The fourth-order valence-electron chi connectivity index (χ4n) is 4.31. The highest BCUT2D eigenvalue weighted by atomic mass is 32.1. The quantitative estimate of drug-likeness (QED) is 0.603. The topological polar surface area (TPSA) is 88.1 Å². The normalized spacial score (nSPS) is 15.2. The lowest BCUT2D eigenvalue weighted by Crippen LogP contribution is -2.47. The van der Waals surface area contributed by atoms with Crippen molar-refractivity contribution in [1.29, 1.82) is 0 Å². The van der Waals surface area contributed by atoms with Crippen molar-refractivity contribution in [3.8, 4) is 0 Å². The Morgan fingerprint density at radius 2 is 1.84 bits per heavy atom. The highest BCUT2D eigenvalue weighted by Crippen LogP contribution is 2.33. The summed E-state index contributed by atoms with van der Waals surface area (Å²) in [7, 11) is 0. The summed E-state index contributed by atoms with van der Waals surface area (Å²) in [6.07, 6.45) is 8.62. The molecule has 1 N–H and O–H groups in total. The molecule has 1 aliphatic carbocycles. The van der Waals surface area contributed by atoms with Crippen molar-refractivity contribution < 1.29 is 9.59 Å². The second-order valence-corrected chi connectivity index (χ2v) is 8.89. The first-order valence-electron chi connectivity index (χ1n) is 10.9. The Hall–Kier alpha value is -3.13. The number of pyridine rings is 1. The maximum atomic E-state index is 13.7. The van der Waals surface area contributed by atoms with Gasteiger partial charge in [0.05, 0.1) is 0 Å². The van der Waals surface area contributed by atoms with Crippen LogP contribution in [0.4, 0.5) is 5.69 Å². The van der Waals surface area contributed by atoms with Crippen LogP contribution in [0.15, 0.2) is 48.1 Å². The minimum Gasteiger partial charge on any atom is -0.351 e. The summed E-state index contributed by atoms with van der Waals surface area (Å²) < 4.78 is 3.86. The number of aromatic nitrogens is 3. The van der Waals surface area contributed by atoms with Crippen molar-refractivity contribution in [3.05, 3.63) is 70.5 Å². The second kappa shape index (κ2) is 9.99. The van der Waals surface area contributed by atoms with Crippen LogP contribution in [0.1, 0.15) is 65.3 Å². The predicted molar refractivity (Wildman–Crippen MR) is 125 cm³/mol. The largest absolute Gasteiger partial charge is 0.351 e. The minimum atomic E-state index is -0.851. The average molecular weight is 450 g/mol. The van der Waals surface area contributed by atoms with Crippen molar-refractivity contribution in [3.63, 3.8) is 0 Å². The van der Waals surface area contributed by atoms with Gasteiger partial charge in [0.25, 0.3) is 5.91 Å². The van der Waals surface area contributed by atoms with Gasteiger partial charge in [-0.25, -0.2) is 0 Å². The summed E-state index contributed by atoms with van der Waals surface area (Å²) in [6, 6.07) is 8.70. The number of carbonyl (C=O) groups is 2. The molecule has 0 saturated heterocycles. The zero-order valence-electron chi connectivity index (χ0n) is 18.3. The van der Waals surface area contributed by atoms with Crippen molar-refractivity contribution >= 4 is 29.0 Å². The van der Waals surface area contributed by atoms with Crippen LogP contribution in [-0.4, -0.2) is 32.4 Å². The van der Waals surface area contributed by atoms with Crippen molar-refractivity contribution in [2.75, 3.05) is 4.90 Å². The number of rotatable bonds is 6. The fraction of sp³-hybridized carbons (Fsp3) is 0.375. The molecule has 7 nitrogen and oxygen atoms in total. The molecule has 1 aromatic carbocycles. The third kappa shape index (κ3) is 4.85. The molecule has 166 valence electrons. The molecule has 3 aromatic rings. The summed E-state index contributed by atoms with van der Waals surface area (Å²) in [5.74, 6) is -0.550. The number of anilines is 1. The van der Waals surface area contributed by atoms with Gasteiger partial charge in [-0.05, 0) is 67.5 Å². The molecular weight excluding hydrogens is 422 g/mol. The highest BCUT2D eigenvalue weighted by molar-refractivity contribution is 7.03. The van der Waals surface area contributed by atoms with Crippen molar-refractivity contribution in [1.82, 2.24) is 19.9 Å². The lowest BCUT2D eigenvalue weighted by atomic mass is 9.94. The van der Waals surface area contributed by atoms with E-state index < -0.39 is 6.04 Å². The summed E-state index contributed by atoms with van der Waals surface area (Å²) >= 11 is 1.11. The Bertz CT molecular complexity index is 1070. The number of benzene rings is 1. The van der Waals surface area contributed by atoms with Crippen LogP contribution in [0.3, 0.4) is 0 Å². The molecule has 4 rings (SSSR count). The maximum absolute atomic E-state index is 13.7. The van der Waals surface area contributed by atoms with Crippen LogP contribution in [0, 0.1) is 13.8 Å². The van der Waals surface area contributed by atoms with Crippen LogP contribution in [-0.2, 0) is 4.79 Å². The van der Waals surface area contributed by atoms with Crippen LogP contribution in [0.5, 0.6) is 0 Å². The minimum absolute atomic E-state index is 0.123. The highest BCUT2D eigenvalue weighted by Gasteiger charge is 2.36. The van der Waals surface area contributed by atoms with E-state index in [0.717, 1.165) is 48.3 Å². The number of aryl methyl sites for hydroxylation is 2. The number of nitrogens with one attached hydrogen (secondary N) is 1. The molecular formula is C24H27N5O2S. The second-order valence-electron chi connectivity index (χ2n) is 8.28. The molecule has 0 unspecified atom stereocenters. The lowest BCUT2D eigenvalue weighted by molar-refractivity contribution is -0.123. The number of nitrogens with zero attached hydrogens (tertiary/aromatic N) is 4. The van der Waals surface area contributed by atoms with Gasteiger partial charge in [-0.3, -0.25) is 19.5 Å². The molecule has 0 radical (unpaired) electrons. The van der Waals surface area contributed by atoms with E-state index in [-0.39, 0.29) is 23.6 Å². The smallest absolute Gasteiger partial charge is 0.280 e. The third-order valence-electron chi connectivity index (χ3n) is 5.89. The molecule has 2 aromatic heterocycles. The molecule has 2 amide bonds. The molecule has 1 aliphatic rings. The van der Waals surface area contributed by atoms with E-state index in [1.807, 2.05) is 32.0 Å². The molecule has 0 aliphatic heterocycles. The Labute approximate surface area is 192 Å². The molecule has 8 heteroatoms. The first-order chi connectivity index (χ1) is 15.5. The number of hydrogen-bond donors (Lipinski definition) is 1.